The molecule has 0 aliphatic rings. The molecule has 8 nitrogen and oxygen atoms in total. The molecule has 0 aromatic heterocycles. The third-order valence-corrected chi connectivity index (χ3v) is 6.20. The van der Waals surface area contributed by atoms with E-state index in [1.54, 1.807) is 44.4 Å². The lowest BCUT2D eigenvalue weighted by Crippen LogP contribution is -2.43. The molecule has 2 aromatic carbocycles. The Bertz CT molecular complexity index is 914. The van der Waals surface area contributed by atoms with Crippen molar-refractivity contribution in [1.82, 2.24) is 13.9 Å². The largest absolute Gasteiger partial charge is 0.497 e. The van der Waals surface area contributed by atoms with Gasteiger partial charge < -0.3 is 14.8 Å². The number of methoxy groups -OCH3 is 1. The van der Waals surface area contributed by atoms with Gasteiger partial charge in [-0.25, -0.2) is 0 Å². The third kappa shape index (κ3) is 6.18. The number of nitrogens with one attached hydrogen (secondary N) is 1. The fourth-order valence-corrected chi connectivity index (χ4v) is 3.65. The summed E-state index contributed by atoms with van der Waals surface area (Å²) in [4.78, 5) is 12.3. The molecule has 0 atom stereocenters. The molecule has 0 spiro atoms. The van der Waals surface area contributed by atoms with E-state index in [-0.39, 0.29) is 19.0 Å². The first-order valence-corrected chi connectivity index (χ1v) is 10.6. The zero-order valence-corrected chi connectivity index (χ0v) is 17.9. The predicted octanol–water partition coefficient (Wildman–Crippen LogP) is 2.35. The van der Waals surface area contributed by atoms with E-state index in [0.717, 1.165) is 4.31 Å². The Morgan fingerprint density at radius 2 is 1.69 bits per heavy atom. The molecule has 1 N–H and O–H groups in total. The summed E-state index contributed by atoms with van der Waals surface area (Å²) in [7, 11) is 1.04. The Balaban J connectivity index is 1.91. The van der Waals surface area contributed by atoms with Crippen molar-refractivity contribution in [3.8, 4) is 17.2 Å². The summed E-state index contributed by atoms with van der Waals surface area (Å²) < 4.78 is 37.7. The number of carbonyl (C=O) groups is 1. The zero-order valence-electron chi connectivity index (χ0n) is 17.1. The van der Waals surface area contributed by atoms with Crippen molar-refractivity contribution < 1.29 is 22.7 Å². The third-order valence-electron chi connectivity index (χ3n) is 4.18. The summed E-state index contributed by atoms with van der Waals surface area (Å²) in [5.41, 5.74) is 0.460. The number of hydrogen-bond donors (Lipinski definition) is 1. The summed E-state index contributed by atoms with van der Waals surface area (Å²) in [6.07, 6.45) is 0. The van der Waals surface area contributed by atoms with Crippen LogP contribution in [-0.4, -0.2) is 63.8 Å². The lowest BCUT2D eigenvalue weighted by molar-refractivity contribution is 0.0951. The van der Waals surface area contributed by atoms with Crippen molar-refractivity contribution >= 4 is 16.1 Å². The van der Waals surface area contributed by atoms with Crippen LogP contribution in [0, 0.1) is 0 Å². The highest BCUT2D eigenvalue weighted by atomic mass is 32.2. The van der Waals surface area contributed by atoms with Crippen molar-refractivity contribution in [3.05, 3.63) is 54.1 Å². The van der Waals surface area contributed by atoms with Crippen LogP contribution < -0.4 is 14.8 Å². The number of likely N-dealkylation sites (N-methyl/N-ethyl adjacent to an activating group) is 1. The lowest BCUT2D eigenvalue weighted by Gasteiger charge is -2.24. The molecule has 158 valence electrons. The molecule has 0 heterocycles. The molecule has 0 fully saturated rings. The maximum absolute atomic E-state index is 12.3. The summed E-state index contributed by atoms with van der Waals surface area (Å²) in [6.45, 7) is 2.48. The van der Waals surface area contributed by atoms with Crippen molar-refractivity contribution in [1.29, 1.82) is 0 Å². The van der Waals surface area contributed by atoms with E-state index >= 15 is 0 Å². The fraction of sp³-hybridized carbons (Fsp3) is 0.350. The number of ether oxygens (including phenoxy) is 2. The van der Waals surface area contributed by atoms with Gasteiger partial charge in [0.05, 0.1) is 7.11 Å². The molecular weight excluding hydrogens is 394 g/mol. The second kappa shape index (κ2) is 10.2. The Hall–Kier alpha value is -2.62. The van der Waals surface area contributed by atoms with E-state index in [0.29, 0.717) is 29.4 Å². The van der Waals surface area contributed by atoms with Gasteiger partial charge in [-0.2, -0.15) is 17.0 Å². The SMILES string of the molecule is CCN(CCNC(=O)c1ccc(Oc2cccc(OC)c2)cc1)S(=O)(=O)N(C)C. The number of nitrogens with zero attached hydrogens (tertiary/aromatic N) is 2. The zero-order chi connectivity index (χ0) is 21.4. The summed E-state index contributed by atoms with van der Waals surface area (Å²) in [5, 5.41) is 2.74. The Morgan fingerprint density at radius 1 is 1.03 bits per heavy atom. The van der Waals surface area contributed by atoms with Crippen LogP contribution in [0.15, 0.2) is 48.5 Å². The molecule has 0 saturated heterocycles. The minimum atomic E-state index is -3.50. The van der Waals surface area contributed by atoms with E-state index in [2.05, 4.69) is 5.32 Å². The molecule has 1 amide bonds. The van der Waals surface area contributed by atoms with E-state index in [1.807, 2.05) is 18.2 Å². The first kappa shape index (κ1) is 22.7. The maximum atomic E-state index is 12.3. The molecule has 9 heteroatoms. The first-order valence-electron chi connectivity index (χ1n) is 9.15. The van der Waals surface area contributed by atoms with Crippen LogP contribution in [0.3, 0.4) is 0 Å². The monoisotopic (exact) mass is 421 g/mol. The minimum absolute atomic E-state index is 0.194. The maximum Gasteiger partial charge on any atom is 0.281 e. The van der Waals surface area contributed by atoms with Crippen molar-refractivity contribution in [2.24, 2.45) is 0 Å². The molecule has 2 aromatic rings. The number of benzene rings is 2. The van der Waals surface area contributed by atoms with Crippen molar-refractivity contribution in [3.63, 3.8) is 0 Å². The van der Waals surface area contributed by atoms with E-state index in [1.165, 1.54) is 18.4 Å². The van der Waals surface area contributed by atoms with Crippen molar-refractivity contribution in [2.75, 3.05) is 40.8 Å². The standard InChI is InChI=1S/C20H27N3O5S/c1-5-23(29(25,26)22(2)3)14-13-21-20(24)16-9-11-17(12-10-16)28-19-8-6-7-18(15-19)27-4/h6-12,15H,5,13-14H2,1-4H3,(H,21,24). The number of carbonyl (C=O) groups excluding carboxylic acids is 1. The van der Waals surface area contributed by atoms with Gasteiger partial charge in [0.25, 0.3) is 16.1 Å². The van der Waals surface area contributed by atoms with Gasteiger partial charge in [0, 0.05) is 45.4 Å². The summed E-state index contributed by atoms with van der Waals surface area (Å²) >= 11 is 0. The average Bonchev–Trinajstić information content (AvgIpc) is 2.71. The van der Waals surface area contributed by atoms with E-state index in [4.69, 9.17) is 9.47 Å². The molecule has 0 unspecified atom stereocenters. The van der Waals surface area contributed by atoms with Gasteiger partial charge in [0.1, 0.15) is 17.2 Å². The van der Waals surface area contributed by atoms with Crippen LogP contribution in [0.5, 0.6) is 17.2 Å². The average molecular weight is 422 g/mol. The van der Waals surface area contributed by atoms with Gasteiger partial charge in [0.2, 0.25) is 0 Å². The Labute approximate surface area is 172 Å². The number of rotatable bonds is 10. The highest BCUT2D eigenvalue weighted by Crippen LogP contribution is 2.25. The molecule has 0 saturated carbocycles. The van der Waals surface area contributed by atoms with Gasteiger partial charge >= 0.3 is 0 Å². The van der Waals surface area contributed by atoms with Gasteiger partial charge in [-0.1, -0.05) is 13.0 Å². The number of amides is 1. The van der Waals surface area contributed by atoms with Crippen LogP contribution in [0.2, 0.25) is 0 Å². The molecule has 0 aliphatic heterocycles. The quantitative estimate of drug-likeness (QED) is 0.636. The Kier molecular flexibility index (Phi) is 8.00. The number of hydrogen-bond acceptors (Lipinski definition) is 5. The molecule has 2 rings (SSSR count). The van der Waals surface area contributed by atoms with Gasteiger partial charge in [0.15, 0.2) is 0 Å². The van der Waals surface area contributed by atoms with Crippen LogP contribution >= 0.6 is 0 Å². The fourth-order valence-electron chi connectivity index (χ4n) is 2.54. The minimum Gasteiger partial charge on any atom is -0.497 e. The normalized spacial score (nSPS) is 11.5. The second-order valence-corrected chi connectivity index (χ2v) is 8.49. The highest BCUT2D eigenvalue weighted by molar-refractivity contribution is 7.86. The molecule has 0 bridgehead atoms. The van der Waals surface area contributed by atoms with Crippen LogP contribution in [0.1, 0.15) is 17.3 Å². The smallest absolute Gasteiger partial charge is 0.281 e. The van der Waals surface area contributed by atoms with Gasteiger partial charge in [-0.05, 0) is 36.4 Å². The summed E-state index contributed by atoms with van der Waals surface area (Å²) in [6, 6.07) is 13.9. The molecule has 0 aliphatic carbocycles. The second-order valence-electron chi connectivity index (χ2n) is 6.34. The Morgan fingerprint density at radius 3 is 2.28 bits per heavy atom. The van der Waals surface area contributed by atoms with Gasteiger partial charge in [-0.3, -0.25) is 4.79 Å². The predicted molar refractivity (Wildman–Crippen MR) is 112 cm³/mol. The lowest BCUT2D eigenvalue weighted by atomic mass is 10.2. The molecule has 29 heavy (non-hydrogen) atoms. The molecule has 0 radical (unpaired) electrons. The van der Waals surface area contributed by atoms with Crippen molar-refractivity contribution in [2.45, 2.75) is 6.92 Å². The van der Waals surface area contributed by atoms with Crippen LogP contribution in [-0.2, 0) is 10.2 Å². The molecular formula is C20H27N3O5S. The summed E-state index contributed by atoms with van der Waals surface area (Å²) in [5.74, 6) is 1.62. The van der Waals surface area contributed by atoms with E-state index < -0.39 is 10.2 Å². The van der Waals surface area contributed by atoms with Crippen LogP contribution in [0.25, 0.3) is 0 Å². The first-order chi connectivity index (χ1) is 13.8. The highest BCUT2D eigenvalue weighted by Gasteiger charge is 2.22. The van der Waals surface area contributed by atoms with Crippen LogP contribution in [0.4, 0.5) is 0 Å². The topological polar surface area (TPSA) is 88.2 Å². The van der Waals surface area contributed by atoms with E-state index in [9.17, 15) is 13.2 Å². The van der Waals surface area contributed by atoms with Gasteiger partial charge in [-0.15, -0.1) is 0 Å².